The van der Waals surface area contributed by atoms with Crippen molar-refractivity contribution in [2.24, 2.45) is 0 Å². The lowest BCUT2D eigenvalue weighted by Crippen LogP contribution is -1.94. The summed E-state index contributed by atoms with van der Waals surface area (Å²) in [4.78, 5) is 9.36. The molecule has 110 valence electrons. The number of benzene rings is 3. The average molecular weight is 296 g/mol. The molecule has 0 aliphatic carbocycles. The van der Waals surface area contributed by atoms with Gasteiger partial charge in [-0.05, 0) is 24.1 Å². The summed E-state index contributed by atoms with van der Waals surface area (Å²) in [7, 11) is 0. The molecule has 0 aliphatic heterocycles. The fourth-order valence-corrected chi connectivity index (χ4v) is 2.81. The maximum absolute atomic E-state index is 4.70. The van der Waals surface area contributed by atoms with Gasteiger partial charge in [0.1, 0.15) is 0 Å². The Morgan fingerprint density at radius 1 is 0.565 bits per heavy atom. The normalized spacial score (nSPS) is 10.8. The molecule has 0 atom stereocenters. The van der Waals surface area contributed by atoms with Crippen LogP contribution in [0.5, 0.6) is 0 Å². The summed E-state index contributed by atoms with van der Waals surface area (Å²) in [6.07, 6.45) is 0. The van der Waals surface area contributed by atoms with Crippen LogP contribution in [0.15, 0.2) is 78.9 Å². The fourth-order valence-electron chi connectivity index (χ4n) is 2.81. The smallest absolute Gasteiger partial charge is 0.160 e. The van der Waals surface area contributed by atoms with Crippen LogP contribution in [0.25, 0.3) is 33.4 Å². The average Bonchev–Trinajstić information content (AvgIpc) is 2.63. The van der Waals surface area contributed by atoms with Crippen molar-refractivity contribution in [1.82, 2.24) is 9.97 Å². The maximum Gasteiger partial charge on any atom is 0.160 e. The van der Waals surface area contributed by atoms with Crippen LogP contribution in [0.3, 0.4) is 0 Å². The minimum Gasteiger partial charge on any atom is -0.233 e. The third-order valence-electron chi connectivity index (χ3n) is 4.04. The van der Waals surface area contributed by atoms with E-state index >= 15 is 0 Å². The van der Waals surface area contributed by atoms with E-state index < -0.39 is 0 Å². The predicted molar refractivity (Wildman–Crippen MR) is 95.1 cm³/mol. The Morgan fingerprint density at radius 2 is 1.17 bits per heavy atom. The molecule has 2 heteroatoms. The molecule has 4 rings (SSSR count). The van der Waals surface area contributed by atoms with Crippen molar-refractivity contribution in [3.63, 3.8) is 0 Å². The van der Waals surface area contributed by atoms with Gasteiger partial charge in [-0.25, -0.2) is 9.97 Å². The summed E-state index contributed by atoms with van der Waals surface area (Å²) >= 11 is 0. The lowest BCUT2D eigenvalue weighted by Gasteiger charge is -2.07. The van der Waals surface area contributed by atoms with E-state index in [-0.39, 0.29) is 0 Å². The first kappa shape index (κ1) is 13.6. The van der Waals surface area contributed by atoms with E-state index in [0.29, 0.717) is 0 Å². The molecule has 0 bridgehead atoms. The number of rotatable bonds is 2. The molecule has 1 aromatic heterocycles. The van der Waals surface area contributed by atoms with E-state index in [0.717, 1.165) is 28.0 Å². The van der Waals surface area contributed by atoms with E-state index in [1.165, 1.54) is 11.1 Å². The van der Waals surface area contributed by atoms with Crippen LogP contribution in [0, 0.1) is 6.92 Å². The van der Waals surface area contributed by atoms with Crippen molar-refractivity contribution in [2.75, 3.05) is 0 Å². The molecule has 0 radical (unpaired) electrons. The van der Waals surface area contributed by atoms with Gasteiger partial charge in [0.25, 0.3) is 0 Å². The number of hydrogen-bond acceptors (Lipinski definition) is 2. The molecule has 1 heterocycles. The highest BCUT2D eigenvalue weighted by atomic mass is 14.9. The van der Waals surface area contributed by atoms with Crippen LogP contribution < -0.4 is 0 Å². The zero-order chi connectivity index (χ0) is 15.6. The van der Waals surface area contributed by atoms with Gasteiger partial charge in [-0.1, -0.05) is 72.8 Å². The summed E-state index contributed by atoms with van der Waals surface area (Å²) in [5.41, 5.74) is 5.46. The van der Waals surface area contributed by atoms with Crippen LogP contribution in [0.4, 0.5) is 0 Å². The van der Waals surface area contributed by atoms with E-state index in [4.69, 9.17) is 4.98 Å². The Bertz CT molecular complexity index is 958. The third-order valence-corrected chi connectivity index (χ3v) is 4.04. The Labute approximate surface area is 135 Å². The highest BCUT2D eigenvalue weighted by Gasteiger charge is 2.06. The van der Waals surface area contributed by atoms with Crippen molar-refractivity contribution in [3.8, 4) is 22.5 Å². The SMILES string of the molecule is Cc1nc(-c2ccc(-c3ccccc3)cc2)nc2ccccc12. The minimum atomic E-state index is 0.779. The van der Waals surface area contributed by atoms with Crippen molar-refractivity contribution < 1.29 is 0 Å². The first-order valence-corrected chi connectivity index (χ1v) is 7.70. The zero-order valence-corrected chi connectivity index (χ0v) is 12.9. The first-order chi connectivity index (χ1) is 11.3. The third kappa shape index (κ3) is 2.59. The zero-order valence-electron chi connectivity index (χ0n) is 12.9. The van der Waals surface area contributed by atoms with Gasteiger partial charge in [0.2, 0.25) is 0 Å². The van der Waals surface area contributed by atoms with Gasteiger partial charge < -0.3 is 0 Å². The van der Waals surface area contributed by atoms with E-state index in [1.54, 1.807) is 0 Å². The monoisotopic (exact) mass is 296 g/mol. The van der Waals surface area contributed by atoms with Crippen LogP contribution in [0.2, 0.25) is 0 Å². The van der Waals surface area contributed by atoms with Crippen LogP contribution >= 0.6 is 0 Å². The second kappa shape index (κ2) is 5.65. The molecule has 0 amide bonds. The highest BCUT2D eigenvalue weighted by Crippen LogP contribution is 2.25. The van der Waals surface area contributed by atoms with E-state index in [9.17, 15) is 0 Å². The Balaban J connectivity index is 1.76. The van der Waals surface area contributed by atoms with Gasteiger partial charge in [0.15, 0.2) is 5.82 Å². The van der Waals surface area contributed by atoms with Gasteiger partial charge in [0.05, 0.1) is 5.52 Å². The number of para-hydroxylation sites is 1. The summed E-state index contributed by atoms with van der Waals surface area (Å²) in [5, 5.41) is 1.11. The van der Waals surface area contributed by atoms with Gasteiger partial charge in [-0.2, -0.15) is 0 Å². The molecule has 4 aromatic rings. The van der Waals surface area contributed by atoms with Crippen LogP contribution in [-0.4, -0.2) is 9.97 Å². The second-order valence-corrected chi connectivity index (χ2v) is 5.59. The molecule has 0 saturated heterocycles. The number of nitrogens with zero attached hydrogens (tertiary/aromatic N) is 2. The van der Waals surface area contributed by atoms with E-state index in [1.807, 2.05) is 31.2 Å². The minimum absolute atomic E-state index is 0.779. The number of fused-ring (bicyclic) bond motifs is 1. The summed E-state index contributed by atoms with van der Waals surface area (Å²) < 4.78 is 0. The van der Waals surface area contributed by atoms with Crippen molar-refractivity contribution >= 4 is 10.9 Å². The van der Waals surface area contributed by atoms with Gasteiger partial charge >= 0.3 is 0 Å². The lowest BCUT2D eigenvalue weighted by atomic mass is 10.0. The molecular formula is C21H16N2. The molecule has 0 saturated carbocycles. The van der Waals surface area contributed by atoms with Crippen LogP contribution in [-0.2, 0) is 0 Å². The molecule has 0 unspecified atom stereocenters. The van der Waals surface area contributed by atoms with Crippen LogP contribution in [0.1, 0.15) is 5.69 Å². The summed E-state index contributed by atoms with van der Waals surface area (Å²) in [6, 6.07) is 26.9. The summed E-state index contributed by atoms with van der Waals surface area (Å²) in [6.45, 7) is 2.03. The van der Waals surface area contributed by atoms with Gasteiger partial charge in [0, 0.05) is 16.6 Å². The molecule has 0 spiro atoms. The summed E-state index contributed by atoms with van der Waals surface area (Å²) in [5.74, 6) is 0.779. The number of aromatic nitrogens is 2. The molecule has 0 fully saturated rings. The van der Waals surface area contributed by atoms with Crippen molar-refractivity contribution in [2.45, 2.75) is 6.92 Å². The Hall–Kier alpha value is -3.00. The quantitative estimate of drug-likeness (QED) is 0.503. The fraction of sp³-hybridized carbons (Fsp3) is 0.0476. The molecular weight excluding hydrogens is 280 g/mol. The lowest BCUT2D eigenvalue weighted by molar-refractivity contribution is 1.16. The van der Waals surface area contributed by atoms with Crippen molar-refractivity contribution in [3.05, 3.63) is 84.6 Å². The highest BCUT2D eigenvalue weighted by molar-refractivity contribution is 5.82. The largest absolute Gasteiger partial charge is 0.233 e. The molecule has 0 N–H and O–H groups in total. The Morgan fingerprint density at radius 3 is 1.96 bits per heavy atom. The second-order valence-electron chi connectivity index (χ2n) is 5.59. The topological polar surface area (TPSA) is 25.8 Å². The standard InChI is InChI=1S/C21H16N2/c1-15-19-9-5-6-10-20(19)23-21(22-15)18-13-11-17(12-14-18)16-7-3-2-4-8-16/h2-14H,1H3. The first-order valence-electron chi connectivity index (χ1n) is 7.70. The molecule has 23 heavy (non-hydrogen) atoms. The van der Waals surface area contributed by atoms with E-state index in [2.05, 4.69) is 59.6 Å². The predicted octanol–water partition coefficient (Wildman–Crippen LogP) is 5.27. The van der Waals surface area contributed by atoms with Gasteiger partial charge in [-0.3, -0.25) is 0 Å². The van der Waals surface area contributed by atoms with Gasteiger partial charge in [-0.15, -0.1) is 0 Å². The van der Waals surface area contributed by atoms with Crippen molar-refractivity contribution in [1.29, 1.82) is 0 Å². The molecule has 2 nitrogen and oxygen atoms in total. The molecule has 0 aliphatic rings. The molecule has 3 aromatic carbocycles. The number of aryl methyl sites for hydroxylation is 1. The maximum atomic E-state index is 4.70. The Kier molecular flexibility index (Phi) is 3.35. The number of hydrogen-bond donors (Lipinski definition) is 0.